The average Bonchev–Trinajstić information content (AvgIpc) is 2.81. The first-order valence-corrected chi connectivity index (χ1v) is 6.79. The average molecular weight is 301 g/mol. The van der Waals surface area contributed by atoms with Crippen molar-refractivity contribution < 1.29 is 14.1 Å². The summed E-state index contributed by atoms with van der Waals surface area (Å²) < 4.78 is 13.2. The largest absolute Gasteiger partial charge is 0.351 e. The third-order valence-electron chi connectivity index (χ3n) is 3.49. The number of carbonyl (C=O) groups excluding carboxylic acids is 1. The van der Waals surface area contributed by atoms with Crippen LogP contribution in [-0.2, 0) is 0 Å². The third kappa shape index (κ3) is 3.25. The van der Waals surface area contributed by atoms with Crippen molar-refractivity contribution in [2.75, 3.05) is 6.54 Å². The Bertz CT molecular complexity index is 538. The van der Waals surface area contributed by atoms with E-state index >= 15 is 0 Å². The van der Waals surface area contributed by atoms with Gasteiger partial charge in [0.05, 0.1) is 4.92 Å². The quantitative estimate of drug-likeness (QED) is 0.528. The van der Waals surface area contributed by atoms with Gasteiger partial charge in [0.25, 0.3) is 11.6 Å². The Morgan fingerprint density at radius 2 is 2.25 bits per heavy atom. The molecule has 1 fully saturated rings. The molecular weight excluding hydrogens is 287 g/mol. The van der Waals surface area contributed by atoms with Crippen LogP contribution in [-0.4, -0.2) is 22.8 Å². The van der Waals surface area contributed by atoms with Gasteiger partial charge in [-0.2, -0.15) is 0 Å². The summed E-state index contributed by atoms with van der Waals surface area (Å²) >= 11 is 6.10. The molecule has 0 radical (unpaired) electrons. The molecular formula is C13H14ClFN2O3. The fraction of sp³-hybridized carbons (Fsp3) is 0.462. The van der Waals surface area contributed by atoms with Crippen LogP contribution in [0.3, 0.4) is 0 Å². The van der Waals surface area contributed by atoms with Crippen molar-refractivity contribution in [2.45, 2.75) is 24.6 Å². The van der Waals surface area contributed by atoms with Gasteiger partial charge < -0.3 is 5.32 Å². The summed E-state index contributed by atoms with van der Waals surface area (Å²) in [7, 11) is 0. The van der Waals surface area contributed by atoms with Crippen molar-refractivity contribution in [1.29, 1.82) is 0 Å². The fourth-order valence-corrected chi connectivity index (χ4v) is 2.76. The van der Waals surface area contributed by atoms with Crippen LogP contribution in [0.25, 0.3) is 0 Å². The number of nitro groups is 1. The molecule has 5 nitrogen and oxygen atoms in total. The zero-order valence-corrected chi connectivity index (χ0v) is 11.4. The number of nitro benzene ring substituents is 1. The number of hydrogen-bond donors (Lipinski definition) is 1. The standard InChI is InChI=1S/C13H14ClFN2O3/c14-11-3-1-2-8(11)7-16-13(18)10-6-9(15)4-5-12(10)17(19)20/h4-6,8,11H,1-3,7H2,(H,16,18). The molecule has 2 unspecified atom stereocenters. The Labute approximate surface area is 120 Å². The molecule has 0 aromatic heterocycles. The minimum Gasteiger partial charge on any atom is -0.351 e. The van der Waals surface area contributed by atoms with Crippen molar-refractivity contribution in [2.24, 2.45) is 5.92 Å². The molecule has 108 valence electrons. The highest BCUT2D eigenvalue weighted by Crippen LogP contribution is 2.29. The number of nitrogens with zero attached hydrogens (tertiary/aromatic N) is 1. The number of carbonyl (C=O) groups is 1. The van der Waals surface area contributed by atoms with Gasteiger partial charge in [0.15, 0.2) is 0 Å². The Kier molecular flexibility index (Phi) is 4.54. The highest BCUT2D eigenvalue weighted by Gasteiger charge is 2.27. The van der Waals surface area contributed by atoms with Gasteiger partial charge in [0, 0.05) is 18.0 Å². The second-order valence-corrected chi connectivity index (χ2v) is 5.40. The molecule has 0 heterocycles. The number of benzene rings is 1. The Morgan fingerprint density at radius 3 is 2.85 bits per heavy atom. The van der Waals surface area contributed by atoms with E-state index in [0.717, 1.165) is 37.5 Å². The van der Waals surface area contributed by atoms with Gasteiger partial charge in [0.2, 0.25) is 0 Å². The smallest absolute Gasteiger partial charge is 0.282 e. The summed E-state index contributed by atoms with van der Waals surface area (Å²) in [5.74, 6) is -1.17. The Morgan fingerprint density at radius 1 is 1.50 bits per heavy atom. The van der Waals surface area contributed by atoms with Gasteiger partial charge >= 0.3 is 0 Å². The van der Waals surface area contributed by atoms with Crippen molar-refractivity contribution in [3.05, 3.63) is 39.7 Å². The predicted octanol–water partition coefficient (Wildman–Crippen LogP) is 2.87. The van der Waals surface area contributed by atoms with Crippen LogP contribution in [0.5, 0.6) is 0 Å². The van der Waals surface area contributed by atoms with Crippen LogP contribution < -0.4 is 5.32 Å². The molecule has 1 saturated carbocycles. The van der Waals surface area contributed by atoms with E-state index in [-0.39, 0.29) is 16.9 Å². The van der Waals surface area contributed by atoms with E-state index in [1.807, 2.05) is 0 Å². The van der Waals surface area contributed by atoms with Crippen molar-refractivity contribution in [3.63, 3.8) is 0 Å². The van der Waals surface area contributed by atoms with E-state index in [1.165, 1.54) is 0 Å². The van der Waals surface area contributed by atoms with Gasteiger partial charge in [-0.05, 0) is 30.9 Å². The molecule has 1 N–H and O–H groups in total. The number of alkyl halides is 1. The first kappa shape index (κ1) is 14.7. The third-order valence-corrected chi connectivity index (χ3v) is 4.07. The van der Waals surface area contributed by atoms with Crippen LogP contribution in [0.15, 0.2) is 18.2 Å². The van der Waals surface area contributed by atoms with Crippen LogP contribution in [0.1, 0.15) is 29.6 Å². The first-order chi connectivity index (χ1) is 9.49. The van der Waals surface area contributed by atoms with Crippen LogP contribution in [0.2, 0.25) is 0 Å². The molecule has 20 heavy (non-hydrogen) atoms. The SMILES string of the molecule is O=C(NCC1CCCC1Cl)c1cc(F)ccc1[N+](=O)[O-]. The maximum Gasteiger partial charge on any atom is 0.282 e. The number of amides is 1. The van der Waals surface area contributed by atoms with Crippen LogP contribution >= 0.6 is 11.6 Å². The van der Waals surface area contributed by atoms with Gasteiger partial charge in [-0.1, -0.05) is 6.42 Å². The fourth-order valence-electron chi connectivity index (χ4n) is 2.39. The lowest BCUT2D eigenvalue weighted by molar-refractivity contribution is -0.385. The lowest BCUT2D eigenvalue weighted by atomic mass is 10.1. The lowest BCUT2D eigenvalue weighted by Gasteiger charge is -2.14. The molecule has 1 aromatic carbocycles. The lowest BCUT2D eigenvalue weighted by Crippen LogP contribution is -2.31. The topological polar surface area (TPSA) is 72.2 Å². The minimum absolute atomic E-state index is 0.0118. The molecule has 2 atom stereocenters. The predicted molar refractivity (Wildman–Crippen MR) is 72.4 cm³/mol. The number of nitrogens with one attached hydrogen (secondary N) is 1. The second kappa shape index (κ2) is 6.17. The Balaban J connectivity index is 2.08. The summed E-state index contributed by atoms with van der Waals surface area (Å²) in [5, 5.41) is 13.4. The monoisotopic (exact) mass is 300 g/mol. The van der Waals surface area contributed by atoms with Crippen molar-refractivity contribution >= 4 is 23.2 Å². The summed E-state index contributed by atoms with van der Waals surface area (Å²) in [5.41, 5.74) is -0.670. The maximum atomic E-state index is 13.2. The van der Waals surface area contributed by atoms with Gasteiger partial charge in [-0.3, -0.25) is 14.9 Å². The van der Waals surface area contributed by atoms with E-state index in [2.05, 4.69) is 5.32 Å². The van der Waals surface area contributed by atoms with Crippen LogP contribution in [0.4, 0.5) is 10.1 Å². The number of halogens is 2. The highest BCUT2D eigenvalue weighted by molar-refractivity contribution is 6.21. The number of hydrogen-bond acceptors (Lipinski definition) is 3. The maximum absolute atomic E-state index is 13.2. The highest BCUT2D eigenvalue weighted by atomic mass is 35.5. The minimum atomic E-state index is -0.700. The van der Waals surface area contributed by atoms with Crippen molar-refractivity contribution in [1.82, 2.24) is 5.32 Å². The summed E-state index contributed by atoms with van der Waals surface area (Å²) in [6.07, 6.45) is 2.83. The van der Waals surface area contributed by atoms with Gasteiger partial charge in [0.1, 0.15) is 11.4 Å². The van der Waals surface area contributed by atoms with E-state index < -0.39 is 22.3 Å². The summed E-state index contributed by atoms with van der Waals surface area (Å²) in [6.45, 7) is 0.348. The molecule has 0 aliphatic heterocycles. The zero-order valence-electron chi connectivity index (χ0n) is 10.6. The molecule has 0 spiro atoms. The molecule has 1 aliphatic carbocycles. The second-order valence-electron chi connectivity index (χ2n) is 4.84. The van der Waals surface area contributed by atoms with Crippen molar-refractivity contribution in [3.8, 4) is 0 Å². The molecule has 7 heteroatoms. The zero-order chi connectivity index (χ0) is 14.7. The summed E-state index contributed by atoms with van der Waals surface area (Å²) in [6, 6.07) is 2.82. The molecule has 0 saturated heterocycles. The molecule has 0 bridgehead atoms. The van der Waals surface area contributed by atoms with Crippen LogP contribution in [0, 0.1) is 21.8 Å². The first-order valence-electron chi connectivity index (χ1n) is 6.35. The van der Waals surface area contributed by atoms with E-state index in [9.17, 15) is 19.3 Å². The van der Waals surface area contributed by atoms with E-state index in [1.54, 1.807) is 0 Å². The summed E-state index contributed by atoms with van der Waals surface area (Å²) in [4.78, 5) is 22.1. The number of rotatable bonds is 4. The van der Waals surface area contributed by atoms with Gasteiger partial charge in [-0.15, -0.1) is 11.6 Å². The molecule has 1 aliphatic rings. The van der Waals surface area contributed by atoms with E-state index in [4.69, 9.17) is 11.6 Å². The normalized spacial score (nSPS) is 21.7. The molecule has 1 amide bonds. The molecule has 1 aromatic rings. The Hall–Kier alpha value is -1.69. The molecule has 2 rings (SSSR count). The van der Waals surface area contributed by atoms with E-state index in [0.29, 0.717) is 6.54 Å². The van der Waals surface area contributed by atoms with Gasteiger partial charge in [-0.25, -0.2) is 4.39 Å².